The lowest BCUT2D eigenvalue weighted by molar-refractivity contribution is 0.414. The Morgan fingerprint density at radius 2 is 1.61 bits per heavy atom. The van der Waals surface area contributed by atoms with Gasteiger partial charge in [0, 0.05) is 17.1 Å². The summed E-state index contributed by atoms with van der Waals surface area (Å²) in [5, 5.41) is 3.72. The number of hydrogen-bond donors (Lipinski definition) is 1. The van der Waals surface area contributed by atoms with Crippen LogP contribution in [0.2, 0.25) is 5.02 Å². The molecule has 168 valence electrons. The summed E-state index contributed by atoms with van der Waals surface area (Å²) in [6, 6.07) is 25.2. The number of ether oxygens (including phenoxy) is 1. The van der Waals surface area contributed by atoms with E-state index in [0.717, 1.165) is 16.9 Å². The molecule has 0 aliphatic heterocycles. The van der Waals surface area contributed by atoms with Gasteiger partial charge in [-0.3, -0.25) is 0 Å². The van der Waals surface area contributed by atoms with Gasteiger partial charge in [0.15, 0.2) is 0 Å². The Kier molecular flexibility index (Phi) is 6.67. The van der Waals surface area contributed by atoms with E-state index in [1.807, 2.05) is 54.6 Å². The molecular weight excluding hydrogens is 456 g/mol. The second kappa shape index (κ2) is 9.65. The minimum Gasteiger partial charge on any atom is -0.497 e. The molecule has 1 N–H and O–H groups in total. The zero-order valence-electron chi connectivity index (χ0n) is 18.2. The van der Waals surface area contributed by atoms with Gasteiger partial charge in [0.05, 0.1) is 17.7 Å². The summed E-state index contributed by atoms with van der Waals surface area (Å²) in [5.74, 6) is 1.06. The lowest BCUT2D eigenvalue weighted by Gasteiger charge is -2.17. The topological polar surface area (TPSA) is 68.3 Å². The first-order valence-corrected chi connectivity index (χ1v) is 12.2. The standard InChI is InChI=1S/C26H23ClN2O3S/c1-18-16-24(20-6-4-3-5-7-20)29-26(28-17-19-8-12-22(32-2)13-9-19)25(18)33(30,31)23-14-10-21(27)11-15-23/h3-16H,17H2,1-2H3,(H,28,29). The van der Waals surface area contributed by atoms with E-state index in [-0.39, 0.29) is 9.79 Å². The minimum absolute atomic E-state index is 0.151. The van der Waals surface area contributed by atoms with Crippen molar-refractivity contribution in [2.75, 3.05) is 12.4 Å². The van der Waals surface area contributed by atoms with Crippen molar-refractivity contribution >= 4 is 27.3 Å². The third-order valence-electron chi connectivity index (χ3n) is 5.24. The van der Waals surface area contributed by atoms with Crippen LogP contribution in [0.25, 0.3) is 11.3 Å². The lowest BCUT2D eigenvalue weighted by atomic mass is 10.1. The second-order valence-electron chi connectivity index (χ2n) is 7.53. The van der Waals surface area contributed by atoms with Crippen molar-refractivity contribution in [1.82, 2.24) is 4.98 Å². The summed E-state index contributed by atoms with van der Waals surface area (Å²) in [6.07, 6.45) is 0. The van der Waals surface area contributed by atoms with Crippen LogP contribution in [0.4, 0.5) is 5.82 Å². The van der Waals surface area contributed by atoms with Crippen LogP contribution in [-0.2, 0) is 16.4 Å². The highest BCUT2D eigenvalue weighted by molar-refractivity contribution is 7.91. The van der Waals surface area contributed by atoms with Crippen LogP contribution in [0.3, 0.4) is 0 Å². The van der Waals surface area contributed by atoms with Gasteiger partial charge < -0.3 is 10.1 Å². The molecule has 0 spiro atoms. The van der Waals surface area contributed by atoms with E-state index in [9.17, 15) is 8.42 Å². The SMILES string of the molecule is COc1ccc(CNc2nc(-c3ccccc3)cc(C)c2S(=O)(=O)c2ccc(Cl)cc2)cc1. The molecule has 0 aliphatic carbocycles. The third kappa shape index (κ3) is 5.02. The summed E-state index contributed by atoms with van der Waals surface area (Å²) in [6.45, 7) is 2.19. The van der Waals surface area contributed by atoms with Crippen molar-refractivity contribution in [3.8, 4) is 17.0 Å². The van der Waals surface area contributed by atoms with Crippen LogP contribution in [0.1, 0.15) is 11.1 Å². The number of sulfone groups is 1. The summed E-state index contributed by atoms with van der Waals surface area (Å²) in [4.78, 5) is 5.04. The Labute approximate surface area is 199 Å². The Morgan fingerprint density at radius 3 is 2.24 bits per heavy atom. The van der Waals surface area contributed by atoms with E-state index in [4.69, 9.17) is 21.3 Å². The van der Waals surface area contributed by atoms with E-state index < -0.39 is 9.84 Å². The van der Waals surface area contributed by atoms with Gasteiger partial charge in [-0.1, -0.05) is 54.1 Å². The maximum Gasteiger partial charge on any atom is 0.210 e. The van der Waals surface area contributed by atoms with Crippen molar-refractivity contribution in [3.05, 3.63) is 101 Å². The highest BCUT2D eigenvalue weighted by Crippen LogP contribution is 2.33. The lowest BCUT2D eigenvalue weighted by Crippen LogP contribution is -2.12. The van der Waals surface area contributed by atoms with Crippen molar-refractivity contribution in [3.63, 3.8) is 0 Å². The van der Waals surface area contributed by atoms with E-state index in [0.29, 0.717) is 28.6 Å². The molecule has 4 aromatic rings. The number of aromatic nitrogens is 1. The molecule has 5 nitrogen and oxygen atoms in total. The molecule has 0 fully saturated rings. The molecule has 1 aromatic heterocycles. The normalized spacial score (nSPS) is 11.2. The molecule has 33 heavy (non-hydrogen) atoms. The molecule has 3 aromatic carbocycles. The predicted octanol–water partition coefficient (Wildman–Crippen LogP) is 6.16. The Hall–Kier alpha value is -3.35. The summed E-state index contributed by atoms with van der Waals surface area (Å²) in [5.41, 5.74) is 3.18. The highest BCUT2D eigenvalue weighted by atomic mass is 35.5. The predicted molar refractivity (Wildman–Crippen MR) is 132 cm³/mol. The zero-order valence-corrected chi connectivity index (χ0v) is 19.8. The minimum atomic E-state index is -3.83. The zero-order chi connectivity index (χ0) is 23.4. The van der Waals surface area contributed by atoms with Gasteiger partial charge in [-0.2, -0.15) is 0 Å². The second-order valence-corrected chi connectivity index (χ2v) is 9.85. The van der Waals surface area contributed by atoms with Gasteiger partial charge in [-0.05, 0) is 60.5 Å². The smallest absolute Gasteiger partial charge is 0.210 e. The molecule has 0 bridgehead atoms. The van der Waals surface area contributed by atoms with Crippen LogP contribution in [0.15, 0.2) is 94.7 Å². The summed E-state index contributed by atoms with van der Waals surface area (Å²) >= 11 is 5.97. The summed E-state index contributed by atoms with van der Waals surface area (Å²) in [7, 11) is -2.22. The molecule has 0 aliphatic rings. The number of aryl methyl sites for hydroxylation is 1. The van der Waals surface area contributed by atoms with Crippen LogP contribution in [-0.4, -0.2) is 20.5 Å². The quantitative estimate of drug-likeness (QED) is 0.344. The average Bonchev–Trinajstić information content (AvgIpc) is 2.83. The van der Waals surface area contributed by atoms with Crippen LogP contribution < -0.4 is 10.1 Å². The Balaban J connectivity index is 1.79. The first-order chi connectivity index (χ1) is 15.9. The number of anilines is 1. The number of pyridine rings is 1. The number of benzene rings is 3. The maximum absolute atomic E-state index is 13.6. The van der Waals surface area contributed by atoms with Gasteiger partial charge in [0.25, 0.3) is 0 Å². The van der Waals surface area contributed by atoms with Crippen molar-refractivity contribution in [1.29, 1.82) is 0 Å². The number of halogens is 1. The molecule has 0 unspecified atom stereocenters. The van der Waals surface area contributed by atoms with Crippen LogP contribution in [0.5, 0.6) is 5.75 Å². The molecule has 0 saturated heterocycles. The number of rotatable bonds is 7. The number of nitrogens with zero attached hydrogens (tertiary/aromatic N) is 1. The highest BCUT2D eigenvalue weighted by Gasteiger charge is 2.26. The van der Waals surface area contributed by atoms with Crippen molar-refractivity contribution in [2.24, 2.45) is 0 Å². The first-order valence-electron chi connectivity index (χ1n) is 10.3. The van der Waals surface area contributed by atoms with E-state index in [1.54, 1.807) is 32.2 Å². The number of methoxy groups -OCH3 is 1. The van der Waals surface area contributed by atoms with E-state index in [2.05, 4.69) is 5.32 Å². The van der Waals surface area contributed by atoms with Gasteiger partial charge >= 0.3 is 0 Å². The van der Waals surface area contributed by atoms with Crippen LogP contribution in [0, 0.1) is 6.92 Å². The maximum atomic E-state index is 13.6. The van der Waals surface area contributed by atoms with Gasteiger partial charge in [0.2, 0.25) is 9.84 Å². The molecular formula is C26H23ClN2O3S. The summed E-state index contributed by atoms with van der Waals surface area (Å²) < 4.78 is 32.4. The number of nitrogens with one attached hydrogen (secondary N) is 1. The molecule has 0 amide bonds. The fourth-order valence-electron chi connectivity index (χ4n) is 3.54. The fraction of sp³-hybridized carbons (Fsp3) is 0.115. The van der Waals surface area contributed by atoms with Gasteiger partial charge in [0.1, 0.15) is 16.5 Å². The Bertz CT molecular complexity index is 1360. The van der Waals surface area contributed by atoms with Gasteiger partial charge in [-0.25, -0.2) is 13.4 Å². The number of hydrogen-bond acceptors (Lipinski definition) is 5. The first kappa shape index (κ1) is 22.8. The van der Waals surface area contributed by atoms with Crippen molar-refractivity contribution in [2.45, 2.75) is 23.3 Å². The van der Waals surface area contributed by atoms with E-state index >= 15 is 0 Å². The average molecular weight is 479 g/mol. The molecule has 7 heteroatoms. The molecule has 1 heterocycles. The fourth-order valence-corrected chi connectivity index (χ4v) is 5.25. The van der Waals surface area contributed by atoms with Crippen molar-refractivity contribution < 1.29 is 13.2 Å². The molecule has 0 radical (unpaired) electrons. The molecule has 4 rings (SSSR count). The third-order valence-corrected chi connectivity index (χ3v) is 7.44. The monoisotopic (exact) mass is 478 g/mol. The van der Waals surface area contributed by atoms with Crippen LogP contribution >= 0.6 is 11.6 Å². The van der Waals surface area contributed by atoms with E-state index in [1.165, 1.54) is 12.1 Å². The largest absolute Gasteiger partial charge is 0.497 e. The molecule has 0 atom stereocenters. The van der Waals surface area contributed by atoms with Gasteiger partial charge in [-0.15, -0.1) is 0 Å². The molecule has 0 saturated carbocycles. The Morgan fingerprint density at radius 1 is 0.939 bits per heavy atom.